The Hall–Kier alpha value is -3.99. The Labute approximate surface area is 192 Å². The number of aromatic amines is 1. The van der Waals surface area contributed by atoms with Crippen LogP contribution < -0.4 is 10.2 Å². The fraction of sp³-hybridized carbons (Fsp3) is 0.320. The van der Waals surface area contributed by atoms with E-state index in [1.165, 1.54) is 13.1 Å². The smallest absolute Gasteiger partial charge is 0.252 e. The Morgan fingerprint density at radius 2 is 2.09 bits per heavy atom. The molecule has 2 amide bonds. The summed E-state index contributed by atoms with van der Waals surface area (Å²) in [6, 6.07) is 13.0. The quantitative estimate of drug-likeness (QED) is 0.493. The van der Waals surface area contributed by atoms with Crippen molar-refractivity contribution in [3.63, 3.8) is 0 Å². The Balaban J connectivity index is 1.40. The van der Waals surface area contributed by atoms with Gasteiger partial charge in [-0.15, -0.1) is 0 Å². The molecule has 4 rings (SSSR count). The van der Waals surface area contributed by atoms with Crippen LogP contribution in [0.15, 0.2) is 48.8 Å². The van der Waals surface area contributed by atoms with Crippen LogP contribution in [0, 0.1) is 17.2 Å². The van der Waals surface area contributed by atoms with Gasteiger partial charge < -0.3 is 10.2 Å². The van der Waals surface area contributed by atoms with Crippen molar-refractivity contribution in [2.45, 2.75) is 32.6 Å². The Kier molecular flexibility index (Phi) is 6.79. The number of nitriles is 1. The number of carbonyl (C=O) groups excluding carboxylic acids is 2. The van der Waals surface area contributed by atoms with E-state index in [2.05, 4.69) is 26.6 Å². The molecule has 2 heterocycles. The van der Waals surface area contributed by atoms with Gasteiger partial charge in [0.15, 0.2) is 0 Å². The van der Waals surface area contributed by atoms with Crippen LogP contribution >= 0.6 is 0 Å². The van der Waals surface area contributed by atoms with E-state index in [1.807, 2.05) is 12.1 Å². The molecular weight excluding hydrogens is 416 g/mol. The molecule has 1 saturated carbocycles. The molecule has 1 fully saturated rings. The van der Waals surface area contributed by atoms with E-state index in [-0.39, 0.29) is 11.8 Å². The summed E-state index contributed by atoms with van der Waals surface area (Å²) in [6.45, 7) is 2.73. The maximum absolute atomic E-state index is 12.4. The van der Waals surface area contributed by atoms with Gasteiger partial charge in [0.25, 0.3) is 5.91 Å². The van der Waals surface area contributed by atoms with Crippen molar-refractivity contribution < 1.29 is 9.59 Å². The zero-order valence-electron chi connectivity index (χ0n) is 18.5. The molecule has 1 aliphatic rings. The second-order valence-electron chi connectivity index (χ2n) is 8.29. The Bertz CT molecular complexity index is 1160. The number of anilines is 1. The molecule has 3 aromatic rings. The molecule has 8 nitrogen and oxygen atoms in total. The summed E-state index contributed by atoms with van der Waals surface area (Å²) in [4.78, 5) is 30.6. The highest BCUT2D eigenvalue weighted by Gasteiger charge is 2.27. The van der Waals surface area contributed by atoms with Gasteiger partial charge in [-0.3, -0.25) is 19.7 Å². The molecule has 0 aliphatic heterocycles. The predicted octanol–water partition coefficient (Wildman–Crippen LogP) is 3.47. The van der Waals surface area contributed by atoms with E-state index in [9.17, 15) is 14.9 Å². The highest BCUT2D eigenvalue weighted by molar-refractivity contribution is 5.94. The second-order valence-corrected chi connectivity index (χ2v) is 8.29. The number of aryl methyl sites for hydroxylation is 1. The maximum Gasteiger partial charge on any atom is 0.252 e. The SMILES string of the molecule is CC(=O)N(CC1CC1)c1ccc(-c2ccc(C(=O)NCCCc3ccn[nH]3)cn2)cc1C#N. The number of rotatable bonds is 9. The monoisotopic (exact) mass is 442 g/mol. The fourth-order valence-electron chi connectivity index (χ4n) is 3.68. The van der Waals surface area contributed by atoms with Gasteiger partial charge in [0.05, 0.1) is 22.5 Å². The number of hydrogen-bond donors (Lipinski definition) is 2. The van der Waals surface area contributed by atoms with Gasteiger partial charge in [0.2, 0.25) is 5.91 Å². The van der Waals surface area contributed by atoms with Crippen LogP contribution in [0.4, 0.5) is 5.69 Å². The summed E-state index contributed by atoms with van der Waals surface area (Å²) in [7, 11) is 0. The Morgan fingerprint density at radius 3 is 2.73 bits per heavy atom. The van der Waals surface area contributed by atoms with E-state index in [0.29, 0.717) is 41.5 Å². The minimum atomic E-state index is -0.177. The van der Waals surface area contributed by atoms with E-state index in [0.717, 1.165) is 36.9 Å². The predicted molar refractivity (Wildman–Crippen MR) is 124 cm³/mol. The van der Waals surface area contributed by atoms with Crippen molar-refractivity contribution in [3.05, 3.63) is 65.6 Å². The first-order chi connectivity index (χ1) is 16.0. The normalized spacial score (nSPS) is 12.7. The molecule has 0 radical (unpaired) electrons. The highest BCUT2D eigenvalue weighted by Crippen LogP contribution is 2.33. The molecule has 0 saturated heterocycles. The van der Waals surface area contributed by atoms with Gasteiger partial charge in [-0.05, 0) is 61.9 Å². The number of nitrogens with zero attached hydrogens (tertiary/aromatic N) is 4. The van der Waals surface area contributed by atoms with Crippen molar-refractivity contribution in [1.29, 1.82) is 5.26 Å². The molecular formula is C25H26N6O2. The standard InChI is InChI=1S/C25H26N6O2/c1-17(32)31(16-18-4-5-18)24-9-7-19(13-21(24)14-26)23-8-6-20(15-28-23)25(33)27-11-2-3-22-10-12-29-30-22/h6-10,12-13,15,18H,2-5,11,16H2,1H3,(H,27,33)(H,29,30). The van der Waals surface area contributed by atoms with Crippen LogP contribution in [0.2, 0.25) is 0 Å². The van der Waals surface area contributed by atoms with Crippen LogP contribution in [0.25, 0.3) is 11.3 Å². The van der Waals surface area contributed by atoms with Crippen LogP contribution in [-0.2, 0) is 11.2 Å². The van der Waals surface area contributed by atoms with Gasteiger partial charge in [-0.25, -0.2) is 0 Å². The summed E-state index contributed by atoms with van der Waals surface area (Å²) in [5.41, 5.74) is 4.00. The topological polar surface area (TPSA) is 115 Å². The van der Waals surface area contributed by atoms with Crippen molar-refractivity contribution >= 4 is 17.5 Å². The van der Waals surface area contributed by atoms with E-state index in [1.54, 1.807) is 35.4 Å². The second kappa shape index (κ2) is 10.1. The third-order valence-electron chi connectivity index (χ3n) is 5.71. The molecule has 8 heteroatoms. The van der Waals surface area contributed by atoms with Crippen LogP contribution in [0.1, 0.15) is 47.8 Å². The summed E-state index contributed by atoms with van der Waals surface area (Å²) in [6.07, 6.45) is 7.11. The van der Waals surface area contributed by atoms with E-state index in [4.69, 9.17) is 0 Å². The number of hydrogen-bond acceptors (Lipinski definition) is 5. The van der Waals surface area contributed by atoms with E-state index >= 15 is 0 Å². The lowest BCUT2D eigenvalue weighted by molar-refractivity contribution is -0.116. The molecule has 2 N–H and O–H groups in total. The molecule has 1 aromatic carbocycles. The molecule has 0 bridgehead atoms. The summed E-state index contributed by atoms with van der Waals surface area (Å²) >= 11 is 0. The van der Waals surface area contributed by atoms with Gasteiger partial charge in [-0.2, -0.15) is 10.4 Å². The van der Waals surface area contributed by atoms with Gasteiger partial charge in [0.1, 0.15) is 6.07 Å². The lowest BCUT2D eigenvalue weighted by atomic mass is 10.0. The number of pyridine rings is 1. The first-order valence-electron chi connectivity index (χ1n) is 11.1. The molecule has 33 heavy (non-hydrogen) atoms. The number of benzene rings is 1. The van der Waals surface area contributed by atoms with Crippen LogP contribution in [0.3, 0.4) is 0 Å². The minimum Gasteiger partial charge on any atom is -0.352 e. The third-order valence-corrected chi connectivity index (χ3v) is 5.71. The highest BCUT2D eigenvalue weighted by atomic mass is 16.2. The molecule has 0 atom stereocenters. The first kappa shape index (κ1) is 22.2. The fourth-order valence-corrected chi connectivity index (χ4v) is 3.68. The van der Waals surface area contributed by atoms with Gasteiger partial charge >= 0.3 is 0 Å². The zero-order chi connectivity index (χ0) is 23.2. The van der Waals surface area contributed by atoms with Crippen LogP contribution in [0.5, 0.6) is 0 Å². The largest absolute Gasteiger partial charge is 0.352 e. The van der Waals surface area contributed by atoms with Gasteiger partial charge in [0, 0.05) is 43.7 Å². The number of carbonyl (C=O) groups is 2. The summed E-state index contributed by atoms with van der Waals surface area (Å²) in [5.74, 6) is 0.277. The molecule has 1 aliphatic carbocycles. The molecule has 0 unspecified atom stereocenters. The molecule has 168 valence electrons. The van der Waals surface area contributed by atoms with Crippen molar-refractivity contribution in [3.8, 4) is 17.3 Å². The maximum atomic E-state index is 12.4. The van der Waals surface area contributed by atoms with Gasteiger partial charge in [-0.1, -0.05) is 6.07 Å². The summed E-state index contributed by atoms with van der Waals surface area (Å²) in [5, 5.41) is 19.4. The van der Waals surface area contributed by atoms with Crippen molar-refractivity contribution in [2.75, 3.05) is 18.0 Å². The zero-order valence-corrected chi connectivity index (χ0v) is 18.5. The lowest BCUT2D eigenvalue weighted by Crippen LogP contribution is -2.31. The van der Waals surface area contributed by atoms with E-state index < -0.39 is 0 Å². The Morgan fingerprint density at radius 1 is 1.24 bits per heavy atom. The average Bonchev–Trinajstić information content (AvgIpc) is 3.51. The average molecular weight is 443 g/mol. The number of H-pyrrole nitrogens is 1. The lowest BCUT2D eigenvalue weighted by Gasteiger charge is -2.22. The molecule has 0 spiro atoms. The number of nitrogens with one attached hydrogen (secondary N) is 2. The third kappa shape index (κ3) is 5.63. The van der Waals surface area contributed by atoms with Crippen molar-refractivity contribution in [2.24, 2.45) is 5.92 Å². The van der Waals surface area contributed by atoms with Crippen LogP contribution in [-0.4, -0.2) is 40.1 Å². The minimum absolute atomic E-state index is 0.0656. The first-order valence-corrected chi connectivity index (χ1v) is 11.1. The number of amides is 2. The summed E-state index contributed by atoms with van der Waals surface area (Å²) < 4.78 is 0. The van der Waals surface area contributed by atoms with Crippen molar-refractivity contribution in [1.82, 2.24) is 20.5 Å². The number of aromatic nitrogens is 3. The molecule has 2 aromatic heterocycles.